The minimum absolute atomic E-state index is 0.0319. The second-order valence-electron chi connectivity index (χ2n) is 3.92. The lowest BCUT2D eigenvalue weighted by molar-refractivity contribution is 0.321. The molecule has 0 radical (unpaired) electrons. The Balaban J connectivity index is 2.37. The summed E-state index contributed by atoms with van der Waals surface area (Å²) in [6, 6.07) is 4.98. The molecule has 0 aliphatic rings. The Hall–Kier alpha value is -2.90. The summed E-state index contributed by atoms with van der Waals surface area (Å²) < 4.78 is 15.6. The number of pyridine rings is 1. The molecule has 0 unspecified atom stereocenters. The summed E-state index contributed by atoms with van der Waals surface area (Å²) in [5.74, 6) is 0.942. The molecule has 21 heavy (non-hydrogen) atoms. The fourth-order valence-corrected chi connectivity index (χ4v) is 1.53. The van der Waals surface area contributed by atoms with Crippen molar-refractivity contribution < 1.29 is 19.4 Å². The van der Waals surface area contributed by atoms with Crippen LogP contribution in [0.2, 0.25) is 0 Å². The molecule has 110 valence electrons. The van der Waals surface area contributed by atoms with Gasteiger partial charge in [0.25, 0.3) is 0 Å². The summed E-state index contributed by atoms with van der Waals surface area (Å²) in [6.45, 7) is 1.81. The minimum atomic E-state index is 0.0319. The Morgan fingerprint density at radius 2 is 1.76 bits per heavy atom. The molecule has 0 aromatic carbocycles. The highest BCUT2D eigenvalue weighted by Crippen LogP contribution is 2.25. The molecule has 0 amide bonds. The Labute approximate surface area is 121 Å². The molecule has 0 aliphatic carbocycles. The van der Waals surface area contributed by atoms with Gasteiger partial charge in [-0.15, -0.1) is 0 Å². The van der Waals surface area contributed by atoms with E-state index < -0.39 is 0 Å². The second kappa shape index (κ2) is 6.51. The van der Waals surface area contributed by atoms with Gasteiger partial charge in [-0.2, -0.15) is 9.97 Å². The third kappa shape index (κ3) is 3.56. The van der Waals surface area contributed by atoms with Crippen molar-refractivity contribution in [2.45, 2.75) is 6.92 Å². The third-order valence-electron chi connectivity index (χ3n) is 2.48. The van der Waals surface area contributed by atoms with Crippen LogP contribution in [0.15, 0.2) is 23.4 Å². The van der Waals surface area contributed by atoms with E-state index in [4.69, 9.17) is 19.4 Å². The number of nitrogens with zero attached hydrogens (tertiary/aromatic N) is 4. The van der Waals surface area contributed by atoms with Gasteiger partial charge in [-0.25, -0.2) is 4.98 Å². The van der Waals surface area contributed by atoms with E-state index in [1.54, 1.807) is 12.1 Å². The van der Waals surface area contributed by atoms with Crippen molar-refractivity contribution in [3.63, 3.8) is 0 Å². The minimum Gasteiger partial charge on any atom is -0.481 e. The van der Waals surface area contributed by atoms with Crippen LogP contribution in [0.3, 0.4) is 0 Å². The average molecular weight is 290 g/mol. The first-order valence-corrected chi connectivity index (χ1v) is 5.96. The molecule has 2 aromatic heterocycles. The molecule has 1 N–H and O–H groups in total. The van der Waals surface area contributed by atoms with Crippen LogP contribution < -0.4 is 14.2 Å². The first-order valence-electron chi connectivity index (χ1n) is 5.96. The predicted molar refractivity (Wildman–Crippen MR) is 73.6 cm³/mol. The van der Waals surface area contributed by atoms with Crippen LogP contribution in [-0.2, 0) is 0 Å². The zero-order chi connectivity index (χ0) is 15.2. The van der Waals surface area contributed by atoms with Gasteiger partial charge >= 0.3 is 6.01 Å². The summed E-state index contributed by atoms with van der Waals surface area (Å²) in [4.78, 5) is 12.3. The van der Waals surface area contributed by atoms with Crippen LogP contribution in [0, 0.1) is 6.92 Å². The van der Waals surface area contributed by atoms with Crippen molar-refractivity contribution >= 4 is 6.21 Å². The van der Waals surface area contributed by atoms with Crippen LogP contribution in [0.1, 0.15) is 11.4 Å². The summed E-state index contributed by atoms with van der Waals surface area (Å²) in [5, 5.41) is 11.6. The van der Waals surface area contributed by atoms with Crippen molar-refractivity contribution in [1.82, 2.24) is 15.0 Å². The topological polar surface area (TPSA) is 99.0 Å². The highest BCUT2D eigenvalue weighted by atomic mass is 16.5. The van der Waals surface area contributed by atoms with Gasteiger partial charge in [-0.1, -0.05) is 5.16 Å². The molecule has 8 heteroatoms. The van der Waals surface area contributed by atoms with Gasteiger partial charge in [0.1, 0.15) is 5.69 Å². The van der Waals surface area contributed by atoms with E-state index in [2.05, 4.69) is 20.1 Å². The highest BCUT2D eigenvalue weighted by Gasteiger charge is 2.11. The van der Waals surface area contributed by atoms with Gasteiger partial charge in [0.2, 0.25) is 11.8 Å². The quantitative estimate of drug-likeness (QED) is 0.509. The fraction of sp³-hybridized carbons (Fsp3) is 0.231. The van der Waals surface area contributed by atoms with E-state index in [0.717, 1.165) is 5.69 Å². The average Bonchev–Trinajstić information content (AvgIpc) is 2.50. The molecular formula is C13H14N4O4. The van der Waals surface area contributed by atoms with Gasteiger partial charge in [0.15, 0.2) is 5.75 Å². The van der Waals surface area contributed by atoms with E-state index >= 15 is 0 Å². The summed E-state index contributed by atoms with van der Waals surface area (Å²) in [5.41, 5.74) is 1.10. The number of aromatic nitrogens is 3. The highest BCUT2D eigenvalue weighted by molar-refractivity contribution is 5.80. The van der Waals surface area contributed by atoms with Crippen LogP contribution in [0.25, 0.3) is 0 Å². The molecule has 2 heterocycles. The monoisotopic (exact) mass is 290 g/mol. The van der Waals surface area contributed by atoms with Crippen LogP contribution in [0.5, 0.6) is 23.5 Å². The van der Waals surface area contributed by atoms with Gasteiger partial charge in [-0.3, -0.25) is 0 Å². The van der Waals surface area contributed by atoms with E-state index in [1.807, 2.05) is 6.92 Å². The first-order chi connectivity index (χ1) is 10.2. The maximum Gasteiger partial charge on any atom is 0.328 e. The number of hydrogen-bond donors (Lipinski definition) is 1. The molecule has 0 fully saturated rings. The van der Waals surface area contributed by atoms with Crippen molar-refractivity contribution in [3.8, 4) is 23.5 Å². The molecule has 8 nitrogen and oxygen atoms in total. The maximum absolute atomic E-state index is 8.67. The smallest absolute Gasteiger partial charge is 0.328 e. The number of aryl methyl sites for hydroxylation is 1. The number of oxime groups is 1. The van der Waals surface area contributed by atoms with Crippen molar-refractivity contribution in [3.05, 3.63) is 29.6 Å². The van der Waals surface area contributed by atoms with Gasteiger partial charge in [0.05, 0.1) is 26.5 Å². The molecule has 0 bridgehead atoms. The Kier molecular flexibility index (Phi) is 4.50. The van der Waals surface area contributed by atoms with E-state index in [1.165, 1.54) is 26.5 Å². The molecular weight excluding hydrogens is 276 g/mol. The molecule has 0 saturated carbocycles. The number of methoxy groups -OCH3 is 2. The standard InChI is InChI=1S/C13H14N4O4/c1-8-4-5-10(9(15-8)7-14-18)21-13-16-11(19-2)6-12(17-13)20-3/h4-7,18H,1-3H3/b14-7+. The normalized spacial score (nSPS) is 10.6. The zero-order valence-electron chi connectivity index (χ0n) is 11.8. The number of hydrogen-bond acceptors (Lipinski definition) is 8. The second-order valence-corrected chi connectivity index (χ2v) is 3.92. The van der Waals surface area contributed by atoms with E-state index in [9.17, 15) is 0 Å². The van der Waals surface area contributed by atoms with Gasteiger partial charge < -0.3 is 19.4 Å². The summed E-state index contributed by atoms with van der Waals surface area (Å²) in [7, 11) is 2.95. The third-order valence-corrected chi connectivity index (χ3v) is 2.48. The Morgan fingerprint density at radius 1 is 1.10 bits per heavy atom. The van der Waals surface area contributed by atoms with Crippen molar-refractivity contribution in [2.24, 2.45) is 5.16 Å². The van der Waals surface area contributed by atoms with E-state index in [0.29, 0.717) is 23.2 Å². The predicted octanol–water partition coefficient (Wildman–Crippen LogP) is 1.80. The zero-order valence-corrected chi connectivity index (χ0v) is 11.8. The van der Waals surface area contributed by atoms with Crippen LogP contribution >= 0.6 is 0 Å². The molecule has 0 atom stereocenters. The SMILES string of the molecule is COc1cc(OC)nc(Oc2ccc(C)nc2/C=N/O)n1. The summed E-state index contributed by atoms with van der Waals surface area (Å²) in [6.07, 6.45) is 1.17. The van der Waals surface area contributed by atoms with Crippen molar-refractivity contribution in [1.29, 1.82) is 0 Å². The lowest BCUT2D eigenvalue weighted by Crippen LogP contribution is -2.01. The molecule has 0 aliphatic heterocycles. The Bertz CT molecular complexity index is 638. The largest absolute Gasteiger partial charge is 0.481 e. The molecule has 2 aromatic rings. The van der Waals surface area contributed by atoms with Gasteiger partial charge in [0, 0.05) is 5.69 Å². The summed E-state index contributed by atoms with van der Waals surface area (Å²) >= 11 is 0. The molecule has 2 rings (SSSR count). The lowest BCUT2D eigenvalue weighted by atomic mass is 10.3. The number of ether oxygens (including phenoxy) is 3. The van der Waals surface area contributed by atoms with Crippen molar-refractivity contribution in [2.75, 3.05) is 14.2 Å². The maximum atomic E-state index is 8.67. The van der Waals surface area contributed by atoms with Crippen LogP contribution in [-0.4, -0.2) is 40.6 Å². The molecule has 0 saturated heterocycles. The Morgan fingerprint density at radius 3 is 2.33 bits per heavy atom. The van der Waals surface area contributed by atoms with Gasteiger partial charge in [-0.05, 0) is 19.1 Å². The van der Waals surface area contributed by atoms with E-state index in [-0.39, 0.29) is 6.01 Å². The first kappa shape index (κ1) is 14.5. The number of rotatable bonds is 5. The van der Waals surface area contributed by atoms with Crippen LogP contribution in [0.4, 0.5) is 0 Å². The lowest BCUT2D eigenvalue weighted by Gasteiger charge is -2.09. The fourth-order valence-electron chi connectivity index (χ4n) is 1.53. The molecule has 0 spiro atoms.